The predicted octanol–water partition coefficient (Wildman–Crippen LogP) is 1.95. The largest absolute Gasteiger partial charge is 0.508 e. The lowest BCUT2D eigenvalue weighted by molar-refractivity contribution is -0.153. The zero-order valence-corrected chi connectivity index (χ0v) is 12.2. The smallest absolute Gasteiger partial charge is 0.422 e. The molecule has 1 aromatic heterocycles. The molecule has 0 bridgehead atoms. The summed E-state index contributed by atoms with van der Waals surface area (Å²) in [6.07, 6.45) is -4.56. The van der Waals surface area contributed by atoms with E-state index in [4.69, 9.17) is 0 Å². The van der Waals surface area contributed by atoms with Gasteiger partial charge in [-0.3, -0.25) is 9.59 Å². The molecule has 128 valence electrons. The van der Waals surface area contributed by atoms with Gasteiger partial charge in [0.1, 0.15) is 11.5 Å². The van der Waals surface area contributed by atoms with E-state index in [1.807, 2.05) is 0 Å². The van der Waals surface area contributed by atoms with Gasteiger partial charge in [0.15, 0.2) is 6.61 Å². The second-order valence-corrected chi connectivity index (χ2v) is 4.81. The van der Waals surface area contributed by atoms with Crippen LogP contribution in [0.4, 0.5) is 13.2 Å². The molecule has 0 atom stereocenters. The fourth-order valence-corrected chi connectivity index (χ4v) is 1.85. The summed E-state index contributed by atoms with van der Waals surface area (Å²) in [5.74, 6) is -1.37. The maximum atomic E-state index is 12.3. The molecule has 0 saturated carbocycles. The molecule has 0 radical (unpaired) electrons. The quantitative estimate of drug-likeness (QED) is 0.775. The molecule has 9 heteroatoms. The summed E-state index contributed by atoms with van der Waals surface area (Å²) < 4.78 is 41.3. The number of carbonyl (C=O) groups excluding carboxylic acids is 1. The Morgan fingerprint density at radius 1 is 1.25 bits per heavy atom. The van der Waals surface area contributed by atoms with Gasteiger partial charge in [0, 0.05) is 11.8 Å². The average molecular weight is 342 g/mol. The molecule has 0 fully saturated rings. The number of halogens is 3. The van der Waals surface area contributed by atoms with Gasteiger partial charge in [0.2, 0.25) is 5.56 Å². The lowest BCUT2D eigenvalue weighted by Crippen LogP contribution is -2.26. The number of carbonyl (C=O) groups is 1. The van der Waals surface area contributed by atoms with Crippen LogP contribution in [-0.2, 0) is 6.54 Å². The molecule has 1 amide bonds. The van der Waals surface area contributed by atoms with Gasteiger partial charge in [-0.25, -0.2) is 0 Å². The van der Waals surface area contributed by atoms with Crippen molar-refractivity contribution in [2.24, 2.45) is 0 Å². The molecular weight excluding hydrogens is 329 g/mol. The lowest BCUT2D eigenvalue weighted by Gasteiger charge is -2.13. The van der Waals surface area contributed by atoms with Crippen molar-refractivity contribution in [1.29, 1.82) is 0 Å². The zero-order valence-electron chi connectivity index (χ0n) is 12.2. The number of alkyl halides is 3. The summed E-state index contributed by atoms with van der Waals surface area (Å²) >= 11 is 0. The van der Waals surface area contributed by atoms with Gasteiger partial charge in [0.25, 0.3) is 5.91 Å². The van der Waals surface area contributed by atoms with E-state index in [9.17, 15) is 27.9 Å². The van der Waals surface area contributed by atoms with Gasteiger partial charge >= 0.3 is 6.18 Å². The number of aromatic nitrogens is 1. The maximum Gasteiger partial charge on any atom is 0.422 e. The first-order valence-corrected chi connectivity index (χ1v) is 6.73. The molecule has 0 saturated heterocycles. The summed E-state index contributed by atoms with van der Waals surface area (Å²) in [6, 6.07) is 7.52. The fraction of sp³-hybridized carbons (Fsp3) is 0.200. The molecule has 0 unspecified atom stereocenters. The predicted molar refractivity (Wildman–Crippen MR) is 77.9 cm³/mol. The van der Waals surface area contributed by atoms with E-state index in [1.54, 1.807) is 6.07 Å². The molecule has 0 aliphatic rings. The minimum atomic E-state index is -4.56. The third kappa shape index (κ3) is 5.04. The molecule has 2 aromatic rings. The number of benzene rings is 1. The molecule has 2 rings (SSSR count). The summed E-state index contributed by atoms with van der Waals surface area (Å²) in [5.41, 5.74) is -0.195. The van der Waals surface area contributed by atoms with E-state index in [0.29, 0.717) is 5.69 Å². The van der Waals surface area contributed by atoms with Gasteiger partial charge in [-0.2, -0.15) is 13.2 Å². The number of ether oxygens (including phenoxy) is 1. The molecule has 1 aromatic carbocycles. The van der Waals surface area contributed by atoms with Gasteiger partial charge in [-0.1, -0.05) is 6.07 Å². The van der Waals surface area contributed by atoms with E-state index in [2.05, 4.69) is 15.0 Å². The third-order valence-corrected chi connectivity index (χ3v) is 2.87. The van der Waals surface area contributed by atoms with Gasteiger partial charge in [-0.05, 0) is 24.3 Å². The van der Waals surface area contributed by atoms with Crippen LogP contribution in [-0.4, -0.2) is 28.8 Å². The number of pyridine rings is 1. The van der Waals surface area contributed by atoms with Crippen LogP contribution in [0.25, 0.3) is 0 Å². The number of hydrogen-bond acceptors (Lipinski definition) is 4. The minimum absolute atomic E-state index is 0.0523. The van der Waals surface area contributed by atoms with E-state index in [-0.39, 0.29) is 29.2 Å². The van der Waals surface area contributed by atoms with Crippen LogP contribution in [0.5, 0.6) is 11.5 Å². The molecule has 24 heavy (non-hydrogen) atoms. The van der Waals surface area contributed by atoms with Crippen LogP contribution >= 0.6 is 0 Å². The van der Waals surface area contributed by atoms with Gasteiger partial charge in [0.05, 0.1) is 12.1 Å². The monoisotopic (exact) mass is 342 g/mol. The Kier molecular flexibility index (Phi) is 5.12. The highest BCUT2D eigenvalue weighted by molar-refractivity contribution is 5.97. The second kappa shape index (κ2) is 7.07. The van der Waals surface area contributed by atoms with Gasteiger partial charge < -0.3 is 20.1 Å². The first kappa shape index (κ1) is 17.4. The Morgan fingerprint density at radius 2 is 2.00 bits per heavy atom. The molecule has 0 aliphatic heterocycles. The average Bonchev–Trinajstić information content (AvgIpc) is 2.50. The van der Waals surface area contributed by atoms with E-state index in [1.165, 1.54) is 12.1 Å². The molecule has 1 heterocycles. The van der Waals surface area contributed by atoms with E-state index < -0.39 is 18.7 Å². The molecule has 6 nitrogen and oxygen atoms in total. The highest BCUT2D eigenvalue weighted by Gasteiger charge is 2.29. The summed E-state index contributed by atoms with van der Waals surface area (Å²) in [5, 5.41) is 11.9. The van der Waals surface area contributed by atoms with Crippen molar-refractivity contribution >= 4 is 5.91 Å². The molecule has 0 aliphatic carbocycles. The summed E-state index contributed by atoms with van der Waals surface area (Å²) in [6.45, 7) is -1.62. The van der Waals surface area contributed by atoms with E-state index in [0.717, 1.165) is 18.2 Å². The number of aromatic hydroxyl groups is 1. The number of H-pyrrole nitrogens is 1. The van der Waals surface area contributed by atoms with Crippen molar-refractivity contribution in [3.63, 3.8) is 0 Å². The topological polar surface area (TPSA) is 91.4 Å². The number of amides is 1. The summed E-state index contributed by atoms with van der Waals surface area (Å²) in [4.78, 5) is 25.8. The number of phenols is 1. The second-order valence-electron chi connectivity index (χ2n) is 4.81. The van der Waals surface area contributed by atoms with Crippen LogP contribution in [0.2, 0.25) is 0 Å². The highest BCUT2D eigenvalue weighted by atomic mass is 19.4. The van der Waals surface area contributed by atoms with Crippen molar-refractivity contribution in [2.45, 2.75) is 12.7 Å². The molecule has 3 N–H and O–H groups in total. The first-order chi connectivity index (χ1) is 11.2. The van der Waals surface area contributed by atoms with Crippen LogP contribution in [0.3, 0.4) is 0 Å². The highest BCUT2D eigenvalue weighted by Crippen LogP contribution is 2.25. The molecular formula is C15H13F3N2O4. The Bertz CT molecular complexity index is 787. The van der Waals surface area contributed by atoms with Crippen molar-refractivity contribution in [1.82, 2.24) is 10.3 Å². The Balaban J connectivity index is 2.12. The minimum Gasteiger partial charge on any atom is -0.508 e. The first-order valence-electron chi connectivity index (χ1n) is 6.73. The van der Waals surface area contributed by atoms with Crippen molar-refractivity contribution < 1.29 is 27.8 Å². The maximum absolute atomic E-state index is 12.3. The Hall–Kier alpha value is -2.97. The van der Waals surface area contributed by atoms with Crippen LogP contribution < -0.4 is 15.6 Å². The number of phenolic OH excluding ortho intramolecular Hbond substituents is 1. The lowest BCUT2D eigenvalue weighted by atomic mass is 10.1. The SMILES string of the molecule is O=C(NCc1cccc(=O)[nH]1)c1cc(O)ccc1OCC(F)(F)F. The Labute approximate surface area is 133 Å². The van der Waals surface area contributed by atoms with Crippen molar-refractivity contribution in [2.75, 3.05) is 6.61 Å². The number of aromatic amines is 1. The van der Waals surface area contributed by atoms with Crippen LogP contribution in [0, 0.1) is 0 Å². The third-order valence-electron chi connectivity index (χ3n) is 2.87. The summed E-state index contributed by atoms with van der Waals surface area (Å²) in [7, 11) is 0. The van der Waals surface area contributed by atoms with Crippen molar-refractivity contribution in [3.05, 3.63) is 58.0 Å². The van der Waals surface area contributed by atoms with Crippen LogP contribution in [0.15, 0.2) is 41.2 Å². The van der Waals surface area contributed by atoms with E-state index >= 15 is 0 Å². The number of nitrogens with one attached hydrogen (secondary N) is 2. The van der Waals surface area contributed by atoms with Crippen molar-refractivity contribution in [3.8, 4) is 11.5 Å². The normalized spacial score (nSPS) is 11.1. The number of rotatable bonds is 5. The standard InChI is InChI=1S/C15H13F3N2O4/c16-15(17,18)8-24-12-5-4-10(21)6-11(12)14(23)19-7-9-2-1-3-13(22)20-9/h1-6,21H,7-8H2,(H,19,23)(H,20,22). The number of hydrogen-bond donors (Lipinski definition) is 3. The molecule has 0 spiro atoms. The Morgan fingerprint density at radius 3 is 2.67 bits per heavy atom. The fourth-order valence-electron chi connectivity index (χ4n) is 1.85. The van der Waals surface area contributed by atoms with Crippen LogP contribution in [0.1, 0.15) is 16.1 Å². The van der Waals surface area contributed by atoms with Gasteiger partial charge in [-0.15, -0.1) is 0 Å². The zero-order chi connectivity index (χ0) is 17.7.